The molecule has 0 saturated carbocycles. The van der Waals surface area contributed by atoms with Gasteiger partial charge in [-0.25, -0.2) is 0 Å². The van der Waals surface area contributed by atoms with Gasteiger partial charge in [-0.3, -0.25) is 0 Å². The van der Waals surface area contributed by atoms with Gasteiger partial charge in [-0.15, -0.1) is 0 Å². The van der Waals surface area contributed by atoms with Crippen LogP contribution in [0.2, 0.25) is 0 Å². The molecule has 0 aliphatic carbocycles. The molecule has 2 aliphatic heterocycles. The number of rotatable bonds is 1. The van der Waals surface area contributed by atoms with E-state index in [4.69, 9.17) is 0 Å². The van der Waals surface area contributed by atoms with Crippen molar-refractivity contribution in [1.29, 1.82) is 0 Å². The summed E-state index contributed by atoms with van der Waals surface area (Å²) < 4.78 is 0. The summed E-state index contributed by atoms with van der Waals surface area (Å²) >= 11 is 0. The molecule has 3 atom stereocenters. The van der Waals surface area contributed by atoms with Crippen LogP contribution < -0.4 is 5.32 Å². The lowest BCUT2D eigenvalue weighted by molar-refractivity contribution is 0.0109. The minimum absolute atomic E-state index is 0.312. The maximum Gasteiger partial charge on any atom is 0.0940 e. The Morgan fingerprint density at radius 1 is 1.33 bits per heavy atom. The van der Waals surface area contributed by atoms with E-state index >= 15 is 0 Å². The van der Waals surface area contributed by atoms with Crippen molar-refractivity contribution in [2.75, 3.05) is 20.1 Å². The van der Waals surface area contributed by atoms with Gasteiger partial charge in [0, 0.05) is 18.6 Å². The number of hydrogen-bond acceptors (Lipinski definition) is 3. The zero-order valence-corrected chi connectivity index (χ0v) is 10.00. The van der Waals surface area contributed by atoms with E-state index in [-0.39, 0.29) is 0 Å². The zero-order valence-electron chi connectivity index (χ0n) is 10.00. The number of aliphatic hydroxyl groups is 1. The van der Waals surface area contributed by atoms with Gasteiger partial charge >= 0.3 is 0 Å². The molecular weight excluding hydrogens is 188 g/mol. The summed E-state index contributed by atoms with van der Waals surface area (Å²) in [6.07, 6.45) is 5.89. The Kier molecular flexibility index (Phi) is 3.33. The third-order valence-corrected chi connectivity index (χ3v) is 4.13. The molecule has 0 amide bonds. The molecule has 3 unspecified atom stereocenters. The van der Waals surface area contributed by atoms with Gasteiger partial charge in [0.25, 0.3) is 0 Å². The summed E-state index contributed by atoms with van der Waals surface area (Å²) in [4.78, 5) is 2.27. The highest BCUT2D eigenvalue weighted by Crippen LogP contribution is 2.31. The maximum absolute atomic E-state index is 10.7. The van der Waals surface area contributed by atoms with Gasteiger partial charge in [-0.05, 0) is 39.8 Å². The predicted octanol–water partition coefficient (Wildman–Crippen LogP) is 0.974. The first-order chi connectivity index (χ1) is 7.12. The molecule has 0 aromatic carbocycles. The van der Waals surface area contributed by atoms with Crippen LogP contribution in [0.15, 0.2) is 0 Å². The first-order valence-electron chi connectivity index (χ1n) is 6.28. The van der Waals surface area contributed by atoms with Crippen molar-refractivity contribution >= 4 is 0 Å². The second-order valence-electron chi connectivity index (χ2n) is 5.43. The molecule has 3 nitrogen and oxygen atoms in total. The highest BCUT2D eigenvalue weighted by atomic mass is 16.3. The molecule has 2 fully saturated rings. The van der Waals surface area contributed by atoms with Crippen molar-refractivity contribution in [1.82, 2.24) is 10.2 Å². The van der Waals surface area contributed by atoms with Crippen molar-refractivity contribution in [3.8, 4) is 0 Å². The molecule has 3 heteroatoms. The Labute approximate surface area is 92.8 Å². The Morgan fingerprint density at radius 2 is 2.13 bits per heavy atom. The first kappa shape index (κ1) is 11.4. The first-order valence-corrected chi connectivity index (χ1v) is 6.28. The van der Waals surface area contributed by atoms with Crippen molar-refractivity contribution in [2.45, 2.75) is 56.7 Å². The van der Waals surface area contributed by atoms with E-state index in [9.17, 15) is 5.11 Å². The number of β-amino-alcohol motifs (C(OH)–C–C–N with tert-alkyl or cyclic N) is 1. The quantitative estimate of drug-likeness (QED) is 0.680. The molecule has 0 aromatic heterocycles. The summed E-state index contributed by atoms with van der Waals surface area (Å²) in [6.45, 7) is 4.10. The standard InChI is InChI=1S/C12H24N2O/c1-10-8-12(15,9-14(10)2)11-6-4-3-5-7-13-11/h10-11,13,15H,3-9H2,1-2H3. The normalized spacial score (nSPS) is 44.2. The van der Waals surface area contributed by atoms with E-state index in [0.717, 1.165) is 25.9 Å². The monoisotopic (exact) mass is 212 g/mol. The fourth-order valence-electron chi connectivity index (χ4n) is 3.06. The fourth-order valence-corrected chi connectivity index (χ4v) is 3.06. The van der Waals surface area contributed by atoms with Crippen LogP contribution in [0.4, 0.5) is 0 Å². The maximum atomic E-state index is 10.7. The molecule has 88 valence electrons. The van der Waals surface area contributed by atoms with Crippen LogP contribution in [0.1, 0.15) is 39.0 Å². The lowest BCUT2D eigenvalue weighted by atomic mass is 9.88. The van der Waals surface area contributed by atoms with E-state index in [1.54, 1.807) is 0 Å². The molecule has 0 aromatic rings. The summed E-state index contributed by atoms with van der Waals surface area (Å²) in [5, 5.41) is 14.2. The molecule has 2 rings (SSSR count). The van der Waals surface area contributed by atoms with Crippen LogP contribution in [0.5, 0.6) is 0 Å². The van der Waals surface area contributed by atoms with Gasteiger partial charge in [0.2, 0.25) is 0 Å². The highest BCUT2D eigenvalue weighted by molar-refractivity contribution is 5.01. The van der Waals surface area contributed by atoms with Crippen LogP contribution in [0, 0.1) is 0 Å². The van der Waals surface area contributed by atoms with Crippen LogP contribution in [-0.4, -0.2) is 47.8 Å². The lowest BCUT2D eigenvalue weighted by Crippen LogP contribution is -2.52. The van der Waals surface area contributed by atoms with Gasteiger partial charge in [-0.2, -0.15) is 0 Å². The fraction of sp³-hybridized carbons (Fsp3) is 1.00. The molecule has 2 heterocycles. The largest absolute Gasteiger partial charge is 0.387 e. The Morgan fingerprint density at radius 3 is 2.80 bits per heavy atom. The Bertz CT molecular complexity index is 202. The van der Waals surface area contributed by atoms with E-state index < -0.39 is 5.60 Å². The number of likely N-dealkylation sites (tertiary alicyclic amines) is 1. The van der Waals surface area contributed by atoms with Crippen molar-refractivity contribution < 1.29 is 5.11 Å². The number of hydrogen-bond donors (Lipinski definition) is 2. The number of likely N-dealkylation sites (N-methyl/N-ethyl adjacent to an activating group) is 1. The summed E-state index contributed by atoms with van der Waals surface area (Å²) in [5.74, 6) is 0. The van der Waals surface area contributed by atoms with Crippen LogP contribution >= 0.6 is 0 Å². The van der Waals surface area contributed by atoms with Gasteiger partial charge in [0.15, 0.2) is 0 Å². The SMILES string of the molecule is CC1CC(O)(C2CCCCCN2)CN1C. The van der Waals surface area contributed by atoms with Crippen LogP contribution in [0.25, 0.3) is 0 Å². The Hall–Kier alpha value is -0.120. The van der Waals surface area contributed by atoms with Gasteiger partial charge in [-0.1, -0.05) is 12.8 Å². The molecular formula is C12H24N2O. The molecule has 2 saturated heterocycles. The van der Waals surface area contributed by atoms with E-state index in [1.807, 2.05) is 0 Å². The minimum atomic E-state index is -0.488. The van der Waals surface area contributed by atoms with Gasteiger partial charge < -0.3 is 15.3 Å². The van der Waals surface area contributed by atoms with Crippen LogP contribution in [0.3, 0.4) is 0 Å². The van der Waals surface area contributed by atoms with Gasteiger partial charge in [0.05, 0.1) is 5.60 Å². The molecule has 0 spiro atoms. The average Bonchev–Trinajstić information content (AvgIpc) is 2.45. The van der Waals surface area contributed by atoms with E-state index in [1.165, 1.54) is 19.3 Å². The second kappa shape index (κ2) is 4.40. The summed E-state index contributed by atoms with van der Waals surface area (Å²) in [6, 6.07) is 0.826. The molecule has 15 heavy (non-hydrogen) atoms. The zero-order chi connectivity index (χ0) is 10.9. The summed E-state index contributed by atoms with van der Waals surface area (Å²) in [7, 11) is 2.11. The van der Waals surface area contributed by atoms with E-state index in [2.05, 4.69) is 24.2 Å². The van der Waals surface area contributed by atoms with Crippen LogP contribution in [-0.2, 0) is 0 Å². The third-order valence-electron chi connectivity index (χ3n) is 4.13. The number of nitrogens with one attached hydrogen (secondary N) is 1. The lowest BCUT2D eigenvalue weighted by Gasteiger charge is -2.32. The average molecular weight is 212 g/mol. The summed E-state index contributed by atoms with van der Waals surface area (Å²) in [5.41, 5.74) is -0.488. The van der Waals surface area contributed by atoms with Gasteiger partial charge in [0.1, 0.15) is 0 Å². The molecule has 0 bridgehead atoms. The van der Waals surface area contributed by atoms with E-state index in [0.29, 0.717) is 12.1 Å². The van der Waals surface area contributed by atoms with Crippen molar-refractivity contribution in [2.24, 2.45) is 0 Å². The molecule has 2 N–H and O–H groups in total. The predicted molar refractivity (Wildman–Crippen MR) is 61.9 cm³/mol. The smallest absolute Gasteiger partial charge is 0.0940 e. The topological polar surface area (TPSA) is 35.5 Å². The van der Waals surface area contributed by atoms with Crippen molar-refractivity contribution in [3.05, 3.63) is 0 Å². The molecule has 2 aliphatic rings. The highest BCUT2D eigenvalue weighted by Gasteiger charge is 2.44. The van der Waals surface area contributed by atoms with Crippen molar-refractivity contribution in [3.63, 3.8) is 0 Å². The molecule has 0 radical (unpaired) electrons. The Balaban J connectivity index is 2.01. The third kappa shape index (κ3) is 2.35. The minimum Gasteiger partial charge on any atom is -0.387 e. The number of nitrogens with zero attached hydrogens (tertiary/aromatic N) is 1. The second-order valence-corrected chi connectivity index (χ2v) is 5.43.